The third-order valence-corrected chi connectivity index (χ3v) is 6.26. The van der Waals surface area contributed by atoms with Gasteiger partial charge in [0.05, 0.1) is 17.7 Å². The lowest BCUT2D eigenvalue weighted by Gasteiger charge is -2.36. The van der Waals surface area contributed by atoms with Crippen molar-refractivity contribution in [1.29, 1.82) is 0 Å². The maximum Gasteiger partial charge on any atom is 0.255 e. The van der Waals surface area contributed by atoms with Gasteiger partial charge in [-0.05, 0) is 68.8 Å². The Labute approximate surface area is 182 Å². The highest BCUT2D eigenvalue weighted by Crippen LogP contribution is 2.24. The van der Waals surface area contributed by atoms with Gasteiger partial charge < -0.3 is 14.6 Å². The first-order valence-electron chi connectivity index (χ1n) is 10.6. The highest BCUT2D eigenvalue weighted by atomic mass is 35.5. The summed E-state index contributed by atoms with van der Waals surface area (Å²) in [6, 6.07) is 16.3. The van der Waals surface area contributed by atoms with Gasteiger partial charge in [0.2, 0.25) is 0 Å². The van der Waals surface area contributed by atoms with Gasteiger partial charge in [0.15, 0.2) is 0 Å². The molecule has 1 N–H and O–H groups in total. The van der Waals surface area contributed by atoms with Crippen molar-refractivity contribution in [1.82, 2.24) is 9.88 Å². The summed E-state index contributed by atoms with van der Waals surface area (Å²) in [5.41, 5.74) is 3.74. The molecule has 1 aromatic heterocycles. The lowest BCUT2D eigenvalue weighted by Crippen LogP contribution is -2.44. The maximum atomic E-state index is 13.4. The number of nitrogens with one attached hydrogen (secondary N) is 1. The molecular weight excluding hydrogens is 396 g/mol. The van der Waals surface area contributed by atoms with Crippen LogP contribution in [-0.2, 0) is 17.8 Å². The molecular formula is C25H29ClN2O2. The molecule has 4 nitrogen and oxygen atoms in total. The van der Waals surface area contributed by atoms with E-state index in [1.165, 1.54) is 5.56 Å². The predicted molar refractivity (Wildman–Crippen MR) is 123 cm³/mol. The molecule has 4 rings (SSSR count). The Kier molecular flexibility index (Phi) is 6.01. The van der Waals surface area contributed by atoms with Crippen LogP contribution in [0.5, 0.6) is 0 Å². The van der Waals surface area contributed by atoms with Crippen LogP contribution in [0.3, 0.4) is 0 Å². The third kappa shape index (κ3) is 4.61. The quantitative estimate of drug-likeness (QED) is 0.622. The van der Waals surface area contributed by atoms with Crippen molar-refractivity contribution in [2.45, 2.75) is 58.3 Å². The van der Waals surface area contributed by atoms with E-state index in [0.717, 1.165) is 41.5 Å². The molecule has 0 bridgehead atoms. The van der Waals surface area contributed by atoms with Gasteiger partial charge >= 0.3 is 0 Å². The topological polar surface area (TPSA) is 43.3 Å². The van der Waals surface area contributed by atoms with Crippen LogP contribution >= 0.6 is 11.6 Å². The van der Waals surface area contributed by atoms with Crippen molar-refractivity contribution in [3.8, 4) is 0 Å². The Hall–Kier alpha value is -2.14. The summed E-state index contributed by atoms with van der Waals surface area (Å²) in [7, 11) is 0. The molecule has 0 amide bonds. The summed E-state index contributed by atoms with van der Waals surface area (Å²) in [6.07, 6.45) is 1.90. The molecule has 3 aromatic rings. The van der Waals surface area contributed by atoms with E-state index >= 15 is 0 Å². The van der Waals surface area contributed by atoms with Gasteiger partial charge in [-0.25, -0.2) is 0 Å². The number of benzene rings is 2. The standard InChI is InChI=1S/C25H29ClN2O2/c1-17-8-9-23-19(12-17)13-20(15-27-21-10-11-30-25(2,3)14-21)24(29)28(23)16-18-6-4-5-7-22(18)26/h4-9,12-13,21,27H,10-11,14-16H2,1-3H3/t21-/m1/s1. The summed E-state index contributed by atoms with van der Waals surface area (Å²) in [4.78, 5) is 13.4. The number of pyridine rings is 1. The van der Waals surface area contributed by atoms with E-state index in [-0.39, 0.29) is 11.2 Å². The SMILES string of the molecule is Cc1ccc2c(c1)cc(CN[C@@H]1CCOC(C)(C)C1)c(=O)n2Cc1ccccc1Cl. The average molecular weight is 425 g/mol. The molecule has 5 heteroatoms. The summed E-state index contributed by atoms with van der Waals surface area (Å²) in [5, 5.41) is 5.35. The molecule has 0 aliphatic carbocycles. The van der Waals surface area contributed by atoms with Crippen LogP contribution < -0.4 is 10.9 Å². The van der Waals surface area contributed by atoms with E-state index in [1.54, 1.807) is 0 Å². The van der Waals surface area contributed by atoms with Crippen LogP contribution in [0.4, 0.5) is 0 Å². The summed E-state index contributed by atoms with van der Waals surface area (Å²) in [5.74, 6) is 0. The van der Waals surface area contributed by atoms with Crippen molar-refractivity contribution in [2.75, 3.05) is 6.61 Å². The lowest BCUT2D eigenvalue weighted by molar-refractivity contribution is -0.0630. The fraction of sp³-hybridized carbons (Fsp3) is 0.400. The fourth-order valence-electron chi connectivity index (χ4n) is 4.31. The van der Waals surface area contributed by atoms with E-state index in [4.69, 9.17) is 16.3 Å². The van der Waals surface area contributed by atoms with Crippen LogP contribution in [-0.4, -0.2) is 22.8 Å². The molecule has 2 heterocycles. The van der Waals surface area contributed by atoms with Crippen molar-refractivity contribution in [3.63, 3.8) is 0 Å². The molecule has 1 atom stereocenters. The normalized spacial score (nSPS) is 18.6. The van der Waals surface area contributed by atoms with Crippen molar-refractivity contribution in [3.05, 3.63) is 80.6 Å². The van der Waals surface area contributed by atoms with Crippen LogP contribution in [0, 0.1) is 6.92 Å². The second-order valence-corrected chi connectivity index (χ2v) is 9.30. The molecule has 0 saturated carbocycles. The zero-order chi connectivity index (χ0) is 21.3. The lowest BCUT2D eigenvalue weighted by atomic mass is 9.94. The van der Waals surface area contributed by atoms with Gasteiger partial charge in [0, 0.05) is 29.8 Å². The van der Waals surface area contributed by atoms with Crippen LogP contribution in [0.15, 0.2) is 53.3 Å². The number of hydrogen-bond donors (Lipinski definition) is 1. The van der Waals surface area contributed by atoms with E-state index < -0.39 is 0 Å². The second kappa shape index (κ2) is 8.54. The molecule has 1 saturated heterocycles. The van der Waals surface area contributed by atoms with Gasteiger partial charge in [-0.15, -0.1) is 0 Å². The van der Waals surface area contributed by atoms with Gasteiger partial charge in [-0.1, -0.05) is 41.4 Å². The number of fused-ring (bicyclic) bond motifs is 1. The van der Waals surface area contributed by atoms with E-state index in [1.807, 2.05) is 47.0 Å². The molecule has 1 aliphatic rings. The highest BCUT2D eigenvalue weighted by Gasteiger charge is 2.28. The minimum Gasteiger partial charge on any atom is -0.375 e. The number of halogens is 1. The third-order valence-electron chi connectivity index (χ3n) is 5.89. The number of aromatic nitrogens is 1. The largest absolute Gasteiger partial charge is 0.375 e. The first-order valence-corrected chi connectivity index (χ1v) is 10.9. The van der Waals surface area contributed by atoms with E-state index in [0.29, 0.717) is 24.2 Å². The average Bonchev–Trinajstić information content (AvgIpc) is 2.69. The zero-order valence-corrected chi connectivity index (χ0v) is 18.6. The van der Waals surface area contributed by atoms with Crippen LogP contribution in [0.25, 0.3) is 10.9 Å². The first kappa shape index (κ1) is 21.1. The number of aryl methyl sites for hydroxylation is 1. The molecule has 158 valence electrons. The molecule has 1 fully saturated rings. The van der Waals surface area contributed by atoms with Gasteiger partial charge in [-0.2, -0.15) is 0 Å². The van der Waals surface area contributed by atoms with Crippen LogP contribution in [0.2, 0.25) is 5.02 Å². The Morgan fingerprint density at radius 1 is 1.17 bits per heavy atom. The molecule has 0 unspecified atom stereocenters. The summed E-state index contributed by atoms with van der Waals surface area (Å²) in [6.45, 7) is 8.07. The molecule has 30 heavy (non-hydrogen) atoms. The van der Waals surface area contributed by atoms with Crippen molar-refractivity contribution >= 4 is 22.5 Å². The predicted octanol–water partition coefficient (Wildman–Crippen LogP) is 5.06. The Bertz CT molecular complexity index is 1120. The minimum atomic E-state index is -0.124. The first-order chi connectivity index (χ1) is 14.3. The molecule has 2 aromatic carbocycles. The monoisotopic (exact) mass is 424 g/mol. The maximum absolute atomic E-state index is 13.4. The van der Waals surface area contributed by atoms with Crippen molar-refractivity contribution in [2.24, 2.45) is 0 Å². The fourth-order valence-corrected chi connectivity index (χ4v) is 4.50. The van der Waals surface area contributed by atoms with E-state index in [9.17, 15) is 4.79 Å². The van der Waals surface area contributed by atoms with E-state index in [2.05, 4.69) is 32.2 Å². The molecule has 0 radical (unpaired) electrons. The summed E-state index contributed by atoms with van der Waals surface area (Å²) < 4.78 is 7.67. The van der Waals surface area contributed by atoms with Gasteiger partial charge in [-0.3, -0.25) is 4.79 Å². The number of rotatable bonds is 5. The second-order valence-electron chi connectivity index (χ2n) is 8.89. The Morgan fingerprint density at radius 2 is 1.97 bits per heavy atom. The number of hydrogen-bond acceptors (Lipinski definition) is 3. The zero-order valence-electron chi connectivity index (χ0n) is 17.9. The summed E-state index contributed by atoms with van der Waals surface area (Å²) >= 11 is 6.39. The van der Waals surface area contributed by atoms with Crippen molar-refractivity contribution < 1.29 is 4.74 Å². The Morgan fingerprint density at radius 3 is 2.73 bits per heavy atom. The van der Waals surface area contributed by atoms with Gasteiger partial charge in [0.25, 0.3) is 5.56 Å². The Balaban J connectivity index is 1.69. The smallest absolute Gasteiger partial charge is 0.255 e. The van der Waals surface area contributed by atoms with Gasteiger partial charge in [0.1, 0.15) is 0 Å². The van der Waals surface area contributed by atoms with Crippen LogP contribution in [0.1, 0.15) is 43.4 Å². The number of ether oxygens (including phenoxy) is 1. The minimum absolute atomic E-state index is 0.0325. The highest BCUT2D eigenvalue weighted by molar-refractivity contribution is 6.31. The molecule has 1 aliphatic heterocycles. The number of nitrogens with zero attached hydrogens (tertiary/aromatic N) is 1. The molecule has 0 spiro atoms.